The lowest BCUT2D eigenvalue weighted by atomic mass is 10.1. The summed E-state index contributed by atoms with van der Waals surface area (Å²) in [6.07, 6.45) is 0. The molecule has 0 bridgehead atoms. The third-order valence-electron chi connectivity index (χ3n) is 3.07. The Bertz CT molecular complexity index is 624. The number of anilines is 1. The molecule has 21 heavy (non-hydrogen) atoms. The van der Waals surface area contributed by atoms with Gasteiger partial charge in [-0.25, -0.2) is 0 Å². The first-order valence-electron chi connectivity index (χ1n) is 6.81. The maximum absolute atomic E-state index is 11.1. The van der Waals surface area contributed by atoms with Crippen LogP contribution in [0, 0.1) is 17.0 Å². The molecular formula is C16H18N2O3. The van der Waals surface area contributed by atoms with Crippen LogP contribution in [0.25, 0.3) is 0 Å². The molecule has 5 nitrogen and oxygen atoms in total. The fraction of sp³-hybridized carbons (Fsp3) is 0.250. The average molecular weight is 286 g/mol. The highest BCUT2D eigenvalue weighted by atomic mass is 16.6. The highest BCUT2D eigenvalue weighted by Crippen LogP contribution is 2.26. The van der Waals surface area contributed by atoms with Crippen LogP contribution in [0.1, 0.15) is 18.1 Å². The zero-order valence-electron chi connectivity index (χ0n) is 12.1. The standard InChI is InChI=1S/C16H18N2O3/c1-3-21-14-7-5-13(6-8-14)11-17-15-9-4-12(2)10-16(15)18(19)20/h4-10,17H,3,11H2,1-2H3. The van der Waals surface area contributed by atoms with Crippen molar-refractivity contribution in [3.8, 4) is 5.75 Å². The van der Waals surface area contributed by atoms with E-state index < -0.39 is 0 Å². The average Bonchev–Trinajstić information content (AvgIpc) is 2.47. The Kier molecular flexibility index (Phi) is 4.77. The fourth-order valence-electron chi connectivity index (χ4n) is 2.01. The SMILES string of the molecule is CCOc1ccc(CNc2ccc(C)cc2[N+](=O)[O-])cc1. The van der Waals surface area contributed by atoms with Gasteiger partial charge in [0.25, 0.3) is 5.69 Å². The van der Waals surface area contributed by atoms with Crippen molar-refractivity contribution in [2.45, 2.75) is 20.4 Å². The van der Waals surface area contributed by atoms with E-state index in [-0.39, 0.29) is 10.6 Å². The van der Waals surface area contributed by atoms with E-state index in [4.69, 9.17) is 4.74 Å². The summed E-state index contributed by atoms with van der Waals surface area (Å²) in [4.78, 5) is 10.7. The minimum atomic E-state index is -0.368. The Labute approximate surface area is 123 Å². The molecule has 2 aromatic rings. The third kappa shape index (κ3) is 3.95. The van der Waals surface area contributed by atoms with Crippen LogP contribution in [0.3, 0.4) is 0 Å². The summed E-state index contributed by atoms with van der Waals surface area (Å²) in [5, 5.41) is 14.2. The third-order valence-corrected chi connectivity index (χ3v) is 3.07. The molecular weight excluding hydrogens is 268 g/mol. The molecule has 110 valence electrons. The van der Waals surface area contributed by atoms with Crippen LogP contribution in [0.2, 0.25) is 0 Å². The Morgan fingerprint density at radius 3 is 2.52 bits per heavy atom. The molecule has 0 aliphatic heterocycles. The normalized spacial score (nSPS) is 10.2. The van der Waals surface area contributed by atoms with Crippen LogP contribution in [0.4, 0.5) is 11.4 Å². The molecule has 1 N–H and O–H groups in total. The molecule has 0 atom stereocenters. The molecule has 0 aliphatic carbocycles. The predicted molar refractivity (Wildman–Crippen MR) is 82.8 cm³/mol. The molecule has 2 aromatic carbocycles. The Morgan fingerprint density at radius 2 is 1.90 bits per heavy atom. The smallest absolute Gasteiger partial charge is 0.292 e. The van der Waals surface area contributed by atoms with E-state index in [0.29, 0.717) is 18.8 Å². The number of aryl methyl sites for hydroxylation is 1. The maximum atomic E-state index is 11.1. The summed E-state index contributed by atoms with van der Waals surface area (Å²) in [5.74, 6) is 0.822. The molecule has 0 amide bonds. The predicted octanol–water partition coefficient (Wildman–Crippen LogP) is 3.91. The number of ether oxygens (including phenoxy) is 1. The summed E-state index contributed by atoms with van der Waals surface area (Å²) < 4.78 is 5.38. The summed E-state index contributed by atoms with van der Waals surface area (Å²) in [5.41, 5.74) is 2.53. The number of rotatable bonds is 6. The molecule has 0 aliphatic rings. The quantitative estimate of drug-likeness (QED) is 0.646. The van der Waals surface area contributed by atoms with E-state index >= 15 is 0 Å². The maximum Gasteiger partial charge on any atom is 0.292 e. The van der Waals surface area contributed by atoms with E-state index in [0.717, 1.165) is 16.9 Å². The lowest BCUT2D eigenvalue weighted by Crippen LogP contribution is -2.03. The lowest BCUT2D eigenvalue weighted by Gasteiger charge is -2.09. The molecule has 0 aromatic heterocycles. The Balaban J connectivity index is 2.07. The van der Waals surface area contributed by atoms with Crippen molar-refractivity contribution in [3.05, 3.63) is 63.7 Å². The van der Waals surface area contributed by atoms with Crippen molar-refractivity contribution in [1.82, 2.24) is 0 Å². The molecule has 0 radical (unpaired) electrons. The summed E-state index contributed by atoms with van der Waals surface area (Å²) in [6, 6.07) is 12.8. The van der Waals surface area contributed by atoms with E-state index in [2.05, 4.69) is 5.32 Å². The molecule has 2 rings (SSSR count). The van der Waals surface area contributed by atoms with E-state index in [1.807, 2.05) is 44.2 Å². The lowest BCUT2D eigenvalue weighted by molar-refractivity contribution is -0.384. The first kappa shape index (κ1) is 14.8. The first-order valence-corrected chi connectivity index (χ1v) is 6.81. The number of nitrogens with zero attached hydrogens (tertiary/aromatic N) is 1. The van der Waals surface area contributed by atoms with Gasteiger partial charge in [-0.05, 0) is 43.2 Å². The van der Waals surface area contributed by atoms with Crippen LogP contribution >= 0.6 is 0 Å². The van der Waals surface area contributed by atoms with Gasteiger partial charge in [0.05, 0.1) is 11.5 Å². The van der Waals surface area contributed by atoms with Crippen LogP contribution in [0.5, 0.6) is 5.75 Å². The molecule has 0 heterocycles. The van der Waals surface area contributed by atoms with Crippen molar-refractivity contribution in [2.75, 3.05) is 11.9 Å². The number of nitrogens with one attached hydrogen (secondary N) is 1. The second kappa shape index (κ2) is 6.74. The van der Waals surface area contributed by atoms with Gasteiger partial charge in [-0.3, -0.25) is 10.1 Å². The van der Waals surface area contributed by atoms with E-state index in [9.17, 15) is 10.1 Å². The molecule has 0 unspecified atom stereocenters. The molecule has 0 saturated heterocycles. The van der Waals surface area contributed by atoms with Gasteiger partial charge in [-0.1, -0.05) is 18.2 Å². The highest BCUT2D eigenvalue weighted by Gasteiger charge is 2.13. The van der Waals surface area contributed by atoms with Gasteiger partial charge in [-0.2, -0.15) is 0 Å². The highest BCUT2D eigenvalue weighted by molar-refractivity contribution is 5.62. The number of nitro benzene ring substituents is 1. The fourth-order valence-corrected chi connectivity index (χ4v) is 2.01. The number of hydrogen-bond acceptors (Lipinski definition) is 4. The molecule has 0 saturated carbocycles. The van der Waals surface area contributed by atoms with Gasteiger partial charge in [-0.15, -0.1) is 0 Å². The minimum Gasteiger partial charge on any atom is -0.494 e. The van der Waals surface area contributed by atoms with Gasteiger partial charge < -0.3 is 10.1 Å². The van der Waals surface area contributed by atoms with Crippen molar-refractivity contribution < 1.29 is 9.66 Å². The molecule has 5 heteroatoms. The zero-order valence-corrected chi connectivity index (χ0v) is 12.1. The number of benzene rings is 2. The van der Waals surface area contributed by atoms with Crippen LogP contribution in [-0.4, -0.2) is 11.5 Å². The van der Waals surface area contributed by atoms with Crippen LogP contribution < -0.4 is 10.1 Å². The van der Waals surface area contributed by atoms with E-state index in [1.165, 1.54) is 0 Å². The van der Waals surface area contributed by atoms with Gasteiger partial charge >= 0.3 is 0 Å². The zero-order chi connectivity index (χ0) is 15.2. The second-order valence-corrected chi connectivity index (χ2v) is 4.71. The van der Waals surface area contributed by atoms with Crippen molar-refractivity contribution >= 4 is 11.4 Å². The van der Waals surface area contributed by atoms with E-state index in [1.54, 1.807) is 12.1 Å². The van der Waals surface area contributed by atoms with Gasteiger partial charge in [0.15, 0.2) is 0 Å². The Morgan fingerprint density at radius 1 is 1.19 bits per heavy atom. The second-order valence-electron chi connectivity index (χ2n) is 4.71. The molecule has 0 fully saturated rings. The summed E-state index contributed by atoms with van der Waals surface area (Å²) in [6.45, 7) is 4.93. The minimum absolute atomic E-state index is 0.0981. The van der Waals surface area contributed by atoms with Gasteiger partial charge in [0, 0.05) is 12.6 Å². The largest absolute Gasteiger partial charge is 0.494 e. The first-order chi connectivity index (χ1) is 10.1. The monoisotopic (exact) mass is 286 g/mol. The topological polar surface area (TPSA) is 64.4 Å². The van der Waals surface area contributed by atoms with Crippen LogP contribution in [0.15, 0.2) is 42.5 Å². The van der Waals surface area contributed by atoms with Crippen LogP contribution in [-0.2, 0) is 6.54 Å². The summed E-state index contributed by atoms with van der Waals surface area (Å²) in [7, 11) is 0. The summed E-state index contributed by atoms with van der Waals surface area (Å²) >= 11 is 0. The van der Waals surface area contributed by atoms with Crippen molar-refractivity contribution in [3.63, 3.8) is 0 Å². The van der Waals surface area contributed by atoms with Gasteiger partial charge in [0.1, 0.15) is 11.4 Å². The van der Waals surface area contributed by atoms with Gasteiger partial charge in [0.2, 0.25) is 0 Å². The molecule has 0 spiro atoms. The van der Waals surface area contributed by atoms with Crippen molar-refractivity contribution in [2.24, 2.45) is 0 Å². The Hall–Kier alpha value is -2.56. The van der Waals surface area contributed by atoms with Crippen molar-refractivity contribution in [1.29, 1.82) is 0 Å². The number of nitro groups is 1. The number of hydrogen-bond donors (Lipinski definition) is 1.